The normalized spacial score (nSPS) is 8.33. The molecular weight excluding hydrogens is 100 g/mol. The minimum atomic E-state index is -0.252. The monoisotopic (exact) mass is 106 g/mol. The van der Waals surface area contributed by atoms with Crippen molar-refractivity contribution in [2.45, 2.75) is 0 Å². The summed E-state index contributed by atoms with van der Waals surface area (Å²) in [6, 6.07) is 0. The number of hydrogen-bond acceptors (Lipinski definition) is 3. The molecule has 0 aliphatic heterocycles. The first-order valence-corrected chi connectivity index (χ1v) is 1.87. The van der Waals surface area contributed by atoms with Crippen LogP contribution in [0.5, 0.6) is 0 Å². The molecule has 0 saturated heterocycles. The first-order valence-electron chi connectivity index (χ1n) is 1.42. The first kappa shape index (κ1) is 5.94. The van der Waals surface area contributed by atoms with Crippen LogP contribution in [0, 0.1) is 0 Å². The van der Waals surface area contributed by atoms with Gasteiger partial charge >= 0.3 is 0 Å². The van der Waals surface area contributed by atoms with E-state index in [0.29, 0.717) is 0 Å². The van der Waals surface area contributed by atoms with E-state index in [-0.39, 0.29) is 11.7 Å². The van der Waals surface area contributed by atoms with Gasteiger partial charge in [-0.25, -0.2) is 0 Å². The van der Waals surface area contributed by atoms with Crippen molar-refractivity contribution in [3.8, 4) is 0 Å². The molecule has 4 heteroatoms. The van der Waals surface area contributed by atoms with Crippen LogP contribution in [0.1, 0.15) is 0 Å². The maximum Gasteiger partial charge on any atom is 0.201 e. The number of carbonyl (C=O) groups is 1. The van der Waals surface area contributed by atoms with Crippen molar-refractivity contribution in [2.75, 3.05) is 6.54 Å². The molecule has 0 unspecified atom stereocenters. The molecule has 3 nitrogen and oxygen atoms in total. The Morgan fingerprint density at radius 2 is 2.50 bits per heavy atom. The zero-order valence-corrected chi connectivity index (χ0v) is 4.03. The van der Waals surface area contributed by atoms with E-state index in [1.165, 1.54) is 0 Å². The third-order valence-corrected chi connectivity index (χ3v) is 0.411. The Bertz CT molecular complexity index is 55.5. The van der Waals surface area contributed by atoms with Crippen LogP contribution in [0.2, 0.25) is 0 Å². The predicted octanol–water partition coefficient (Wildman–Crippen LogP) is -1.09. The molecule has 0 aromatic heterocycles. The van der Waals surface area contributed by atoms with Gasteiger partial charge in [0, 0.05) is 0 Å². The van der Waals surface area contributed by atoms with Crippen LogP contribution in [-0.4, -0.2) is 11.7 Å². The third kappa shape index (κ3) is 3.94. The van der Waals surface area contributed by atoms with E-state index in [1.54, 1.807) is 0 Å². The Balaban J connectivity index is 2.83. The summed E-state index contributed by atoms with van der Waals surface area (Å²) in [4.78, 5) is 9.77. The molecule has 0 aliphatic rings. The van der Waals surface area contributed by atoms with Crippen molar-refractivity contribution in [3.05, 3.63) is 0 Å². The molecule has 0 rings (SSSR count). The average molecular weight is 106 g/mol. The van der Waals surface area contributed by atoms with Crippen LogP contribution in [-0.2, 0) is 4.79 Å². The molecule has 3 N–H and O–H groups in total. The van der Waals surface area contributed by atoms with Gasteiger partial charge in [-0.2, -0.15) is 0 Å². The molecular formula is C2H6N2OS. The molecule has 0 saturated carbocycles. The summed E-state index contributed by atoms with van der Waals surface area (Å²) in [5.74, 6) is 4.71. The van der Waals surface area contributed by atoms with Crippen LogP contribution >= 0.6 is 12.6 Å². The second-order valence-electron chi connectivity index (χ2n) is 0.775. The number of nitrogens with one attached hydrogen (secondary N) is 1. The predicted molar refractivity (Wildman–Crippen MR) is 26.2 cm³/mol. The van der Waals surface area contributed by atoms with Gasteiger partial charge in [-0.1, -0.05) is 0 Å². The zero-order chi connectivity index (χ0) is 4.99. The van der Waals surface area contributed by atoms with Crippen molar-refractivity contribution in [3.63, 3.8) is 0 Å². The second kappa shape index (κ2) is 3.14. The Labute approximate surface area is 41.3 Å². The largest absolute Gasteiger partial charge is 0.286 e. The van der Waals surface area contributed by atoms with Gasteiger partial charge < -0.3 is 0 Å². The fraction of sp³-hybridized carbons (Fsp3) is 0.500. The number of hydrogen-bond donors (Lipinski definition) is 3. The molecule has 6 heavy (non-hydrogen) atoms. The lowest BCUT2D eigenvalue weighted by molar-refractivity contribution is -0.110. The Morgan fingerprint density at radius 3 is 2.50 bits per heavy atom. The van der Waals surface area contributed by atoms with Crippen LogP contribution in [0.4, 0.5) is 0 Å². The summed E-state index contributed by atoms with van der Waals surface area (Å²) in [5.41, 5.74) is 2.14. The topological polar surface area (TPSA) is 55.1 Å². The molecule has 0 spiro atoms. The maximum absolute atomic E-state index is 9.77. The quantitative estimate of drug-likeness (QED) is 0.238. The van der Waals surface area contributed by atoms with Gasteiger partial charge in [-0.15, -0.1) is 12.6 Å². The van der Waals surface area contributed by atoms with Crippen molar-refractivity contribution in [1.29, 1.82) is 0 Å². The van der Waals surface area contributed by atoms with Crippen molar-refractivity contribution in [2.24, 2.45) is 5.84 Å². The highest BCUT2D eigenvalue weighted by Crippen LogP contribution is 1.68. The highest BCUT2D eigenvalue weighted by molar-refractivity contribution is 7.96. The van der Waals surface area contributed by atoms with Crippen molar-refractivity contribution < 1.29 is 4.79 Å². The third-order valence-electron chi connectivity index (χ3n) is 0.253. The number of thiol groups is 1. The summed E-state index contributed by atoms with van der Waals surface area (Å²) in [6.45, 7) is 0.128. The van der Waals surface area contributed by atoms with Gasteiger partial charge in [0.15, 0.2) is 0 Å². The van der Waals surface area contributed by atoms with E-state index in [2.05, 4.69) is 18.1 Å². The maximum atomic E-state index is 9.77. The second-order valence-corrected chi connectivity index (χ2v) is 1.27. The van der Waals surface area contributed by atoms with Crippen LogP contribution in [0.15, 0.2) is 0 Å². The SMILES string of the molecule is NNCC(=O)S. The summed E-state index contributed by atoms with van der Waals surface area (Å²) in [5, 5.41) is -0.252. The molecule has 0 bridgehead atoms. The number of carbonyl (C=O) groups excluding carboxylic acids is 1. The molecule has 0 fully saturated rings. The molecule has 0 atom stereocenters. The number of hydrazine groups is 1. The summed E-state index contributed by atoms with van der Waals surface area (Å²) in [6.07, 6.45) is 0. The van der Waals surface area contributed by atoms with Gasteiger partial charge in [-0.05, 0) is 0 Å². The number of rotatable bonds is 2. The van der Waals surface area contributed by atoms with Gasteiger partial charge in [0.25, 0.3) is 0 Å². The molecule has 0 aliphatic carbocycles. The van der Waals surface area contributed by atoms with Crippen molar-refractivity contribution in [1.82, 2.24) is 5.43 Å². The fourth-order valence-electron chi connectivity index (χ4n) is 0.0873. The van der Waals surface area contributed by atoms with Crippen LogP contribution in [0.3, 0.4) is 0 Å². The number of nitrogens with two attached hydrogens (primary N) is 1. The lowest BCUT2D eigenvalue weighted by Crippen LogP contribution is -2.26. The van der Waals surface area contributed by atoms with Crippen LogP contribution in [0.25, 0.3) is 0 Å². The van der Waals surface area contributed by atoms with E-state index in [4.69, 9.17) is 5.84 Å². The van der Waals surface area contributed by atoms with Gasteiger partial charge in [0.05, 0.1) is 6.54 Å². The Morgan fingerprint density at radius 1 is 2.00 bits per heavy atom. The molecule has 0 aromatic rings. The van der Waals surface area contributed by atoms with Gasteiger partial charge in [-0.3, -0.25) is 16.1 Å². The van der Waals surface area contributed by atoms with E-state index in [1.807, 2.05) is 0 Å². The van der Waals surface area contributed by atoms with Crippen molar-refractivity contribution >= 4 is 17.7 Å². The first-order chi connectivity index (χ1) is 2.77. The fourth-order valence-corrected chi connectivity index (χ4v) is 0.179. The highest BCUT2D eigenvalue weighted by Gasteiger charge is 1.84. The standard InChI is InChI=1S/C2H6N2OS/c3-4-1-2(5)6/h4H,1,3H2,(H,5,6). The smallest absolute Gasteiger partial charge is 0.201 e. The van der Waals surface area contributed by atoms with Gasteiger partial charge in [0.2, 0.25) is 5.12 Å². The zero-order valence-electron chi connectivity index (χ0n) is 3.14. The summed E-state index contributed by atoms with van der Waals surface area (Å²) < 4.78 is 0. The minimum Gasteiger partial charge on any atom is -0.286 e. The van der Waals surface area contributed by atoms with E-state index >= 15 is 0 Å². The Kier molecular flexibility index (Phi) is 3.11. The Hall–Kier alpha value is -0.0600. The van der Waals surface area contributed by atoms with E-state index in [0.717, 1.165) is 0 Å². The highest BCUT2D eigenvalue weighted by atomic mass is 32.1. The summed E-state index contributed by atoms with van der Waals surface area (Å²) in [7, 11) is 0. The minimum absolute atomic E-state index is 0.128. The average Bonchev–Trinajstić information content (AvgIpc) is 1.35. The molecule has 0 amide bonds. The molecule has 36 valence electrons. The van der Waals surface area contributed by atoms with E-state index in [9.17, 15) is 4.79 Å². The molecule has 0 heterocycles. The van der Waals surface area contributed by atoms with Gasteiger partial charge in [0.1, 0.15) is 0 Å². The van der Waals surface area contributed by atoms with E-state index < -0.39 is 0 Å². The lowest BCUT2D eigenvalue weighted by Gasteiger charge is -1.84. The molecule has 0 aromatic carbocycles. The molecule has 0 radical (unpaired) electrons. The summed E-state index contributed by atoms with van der Waals surface area (Å²) >= 11 is 3.40. The lowest BCUT2D eigenvalue weighted by atomic mass is 10.8. The van der Waals surface area contributed by atoms with Crippen LogP contribution < -0.4 is 11.3 Å².